The third kappa shape index (κ3) is 5.45. The molecule has 22 heavy (non-hydrogen) atoms. The molecule has 0 aliphatic rings. The molecule has 8 heteroatoms. The molecule has 0 fully saturated rings. The molecule has 1 rings (SSSR count). The largest absolute Gasteiger partial charge is 0.504 e. The number of phenolic OH excluding ortho intramolecular Hbond substituents is 2. The Morgan fingerprint density at radius 3 is 2.41 bits per heavy atom. The van der Waals surface area contributed by atoms with Crippen molar-refractivity contribution in [2.45, 2.75) is 37.2 Å². The van der Waals surface area contributed by atoms with Gasteiger partial charge in [0.1, 0.15) is 6.04 Å². The zero-order valence-electron chi connectivity index (χ0n) is 12.4. The monoisotopic (exact) mass is 328 g/mol. The smallest absolute Gasteiger partial charge is 0.327 e. The first-order chi connectivity index (χ1) is 10.2. The molecule has 0 saturated heterocycles. The Morgan fingerprint density at radius 1 is 1.32 bits per heavy atom. The van der Waals surface area contributed by atoms with Crippen LogP contribution in [0.4, 0.5) is 0 Å². The van der Waals surface area contributed by atoms with Crippen molar-refractivity contribution in [3.05, 3.63) is 17.7 Å². The third-order valence-corrected chi connectivity index (χ3v) is 3.97. The molecule has 0 spiro atoms. The van der Waals surface area contributed by atoms with Crippen molar-refractivity contribution in [3.8, 4) is 11.5 Å². The third-order valence-electron chi connectivity index (χ3n) is 2.78. The van der Waals surface area contributed by atoms with E-state index in [9.17, 15) is 19.8 Å². The fraction of sp³-hybridized carbons (Fsp3) is 0.429. The highest BCUT2D eigenvalue weighted by atomic mass is 32.2. The number of hydrogen-bond acceptors (Lipinski definition) is 6. The number of rotatable bonds is 7. The molecular formula is C14H20N2O5S. The van der Waals surface area contributed by atoms with E-state index in [0.29, 0.717) is 16.9 Å². The zero-order chi connectivity index (χ0) is 16.9. The lowest BCUT2D eigenvalue weighted by atomic mass is 10.1. The molecule has 1 aromatic carbocycles. The molecule has 0 bridgehead atoms. The number of carboxylic acid groups (broad SMARTS) is 1. The Kier molecular flexibility index (Phi) is 6.51. The van der Waals surface area contributed by atoms with Gasteiger partial charge in [-0.1, -0.05) is 0 Å². The van der Waals surface area contributed by atoms with Crippen molar-refractivity contribution in [1.82, 2.24) is 5.32 Å². The molecule has 0 radical (unpaired) electrons. The second-order valence-corrected chi connectivity index (χ2v) is 6.09. The molecule has 1 aromatic rings. The van der Waals surface area contributed by atoms with Gasteiger partial charge in [-0.2, -0.15) is 0 Å². The number of hydrogen-bond donors (Lipinski definition) is 5. The summed E-state index contributed by atoms with van der Waals surface area (Å²) in [6.45, 7) is 3.05. The van der Waals surface area contributed by atoms with Gasteiger partial charge in [-0.25, -0.2) is 4.79 Å². The van der Waals surface area contributed by atoms with E-state index in [0.717, 1.165) is 0 Å². The summed E-state index contributed by atoms with van der Waals surface area (Å²) in [7, 11) is 0. The van der Waals surface area contributed by atoms with E-state index < -0.39 is 17.9 Å². The Bertz CT molecular complexity index is 562. The Morgan fingerprint density at radius 2 is 1.91 bits per heavy atom. The average Bonchev–Trinajstić information content (AvgIpc) is 2.38. The van der Waals surface area contributed by atoms with Crippen molar-refractivity contribution >= 4 is 23.6 Å². The van der Waals surface area contributed by atoms with Crippen molar-refractivity contribution in [2.75, 3.05) is 5.75 Å². The van der Waals surface area contributed by atoms with Crippen LogP contribution in [0.25, 0.3) is 0 Å². The SMILES string of the molecule is CC(=O)N[C@@H](CSc1cc(O)c(O)cc1CC(C)N)C(=O)O. The topological polar surface area (TPSA) is 133 Å². The van der Waals surface area contributed by atoms with Crippen LogP contribution in [0.2, 0.25) is 0 Å². The molecule has 1 amide bonds. The van der Waals surface area contributed by atoms with E-state index >= 15 is 0 Å². The molecule has 7 nitrogen and oxygen atoms in total. The van der Waals surface area contributed by atoms with Gasteiger partial charge < -0.3 is 26.4 Å². The zero-order valence-corrected chi connectivity index (χ0v) is 13.2. The van der Waals surface area contributed by atoms with Crippen molar-refractivity contribution in [3.63, 3.8) is 0 Å². The van der Waals surface area contributed by atoms with Crippen LogP contribution >= 0.6 is 11.8 Å². The summed E-state index contributed by atoms with van der Waals surface area (Å²) in [5.74, 6) is -2.03. The number of nitrogens with one attached hydrogen (secondary N) is 1. The highest BCUT2D eigenvalue weighted by molar-refractivity contribution is 7.99. The van der Waals surface area contributed by atoms with Crippen LogP contribution in [-0.4, -0.2) is 45.0 Å². The normalized spacial score (nSPS) is 13.4. The van der Waals surface area contributed by atoms with Crippen LogP contribution in [0.3, 0.4) is 0 Å². The minimum atomic E-state index is -1.14. The van der Waals surface area contributed by atoms with E-state index in [2.05, 4.69) is 5.32 Å². The lowest BCUT2D eigenvalue weighted by molar-refractivity contribution is -0.140. The number of thioether (sulfide) groups is 1. The molecule has 0 aliphatic heterocycles. The fourth-order valence-electron chi connectivity index (χ4n) is 1.83. The van der Waals surface area contributed by atoms with Crippen molar-refractivity contribution in [2.24, 2.45) is 5.73 Å². The number of amides is 1. The minimum Gasteiger partial charge on any atom is -0.504 e. The van der Waals surface area contributed by atoms with E-state index in [1.807, 2.05) is 0 Å². The number of phenols is 2. The van der Waals surface area contributed by atoms with E-state index in [4.69, 9.17) is 10.8 Å². The maximum absolute atomic E-state index is 11.1. The van der Waals surface area contributed by atoms with Gasteiger partial charge in [0.05, 0.1) is 0 Å². The van der Waals surface area contributed by atoms with Crippen LogP contribution in [0, 0.1) is 0 Å². The van der Waals surface area contributed by atoms with Crippen LogP contribution < -0.4 is 11.1 Å². The molecule has 1 unspecified atom stereocenters. The van der Waals surface area contributed by atoms with Gasteiger partial charge >= 0.3 is 5.97 Å². The first-order valence-electron chi connectivity index (χ1n) is 6.63. The van der Waals surface area contributed by atoms with Crippen LogP contribution in [-0.2, 0) is 16.0 Å². The standard InChI is InChI=1S/C14H20N2O5S/c1-7(15)3-9-4-11(18)12(19)5-13(9)22-6-10(14(20)21)16-8(2)17/h4-5,7,10,18-19H,3,6,15H2,1-2H3,(H,16,17)(H,20,21)/t7?,10-/m0/s1. The molecular weight excluding hydrogens is 308 g/mol. The van der Waals surface area contributed by atoms with Crippen LogP contribution in [0.5, 0.6) is 11.5 Å². The van der Waals surface area contributed by atoms with E-state index in [1.54, 1.807) is 6.92 Å². The van der Waals surface area contributed by atoms with Gasteiger partial charge in [-0.3, -0.25) is 4.79 Å². The predicted octanol–water partition coefficient (Wildman–Crippen LogP) is 0.669. The number of benzene rings is 1. The van der Waals surface area contributed by atoms with Gasteiger partial charge in [-0.15, -0.1) is 11.8 Å². The van der Waals surface area contributed by atoms with Gasteiger partial charge in [0.15, 0.2) is 11.5 Å². The average molecular weight is 328 g/mol. The first-order valence-corrected chi connectivity index (χ1v) is 7.62. The maximum Gasteiger partial charge on any atom is 0.327 e. The quantitative estimate of drug-likeness (QED) is 0.367. The fourth-order valence-corrected chi connectivity index (χ4v) is 2.93. The molecule has 6 N–H and O–H groups in total. The number of nitrogens with two attached hydrogens (primary N) is 1. The minimum absolute atomic E-state index is 0.0884. The highest BCUT2D eigenvalue weighted by Crippen LogP contribution is 2.34. The predicted molar refractivity (Wildman–Crippen MR) is 83.1 cm³/mol. The second-order valence-electron chi connectivity index (χ2n) is 5.03. The lowest BCUT2D eigenvalue weighted by Crippen LogP contribution is -2.41. The summed E-state index contributed by atoms with van der Waals surface area (Å²) in [6, 6.07) is 1.58. The van der Waals surface area contributed by atoms with Gasteiger partial charge in [0, 0.05) is 23.6 Å². The molecule has 2 atom stereocenters. The van der Waals surface area contributed by atoms with Crippen LogP contribution in [0.1, 0.15) is 19.4 Å². The Hall–Kier alpha value is -1.93. The van der Waals surface area contributed by atoms with Crippen molar-refractivity contribution in [1.29, 1.82) is 0 Å². The molecule has 0 heterocycles. The van der Waals surface area contributed by atoms with Gasteiger partial charge in [-0.05, 0) is 31.0 Å². The van der Waals surface area contributed by atoms with Gasteiger partial charge in [0.25, 0.3) is 0 Å². The summed E-state index contributed by atoms with van der Waals surface area (Å²) in [5.41, 5.74) is 6.46. The number of carbonyl (C=O) groups excluding carboxylic acids is 1. The van der Waals surface area contributed by atoms with E-state index in [1.165, 1.54) is 30.8 Å². The summed E-state index contributed by atoms with van der Waals surface area (Å²) >= 11 is 1.17. The second kappa shape index (κ2) is 7.90. The molecule has 122 valence electrons. The Labute approximate surface area is 132 Å². The highest BCUT2D eigenvalue weighted by Gasteiger charge is 2.20. The maximum atomic E-state index is 11.1. The summed E-state index contributed by atoms with van der Waals surface area (Å²) in [4.78, 5) is 22.7. The van der Waals surface area contributed by atoms with Crippen molar-refractivity contribution < 1.29 is 24.9 Å². The number of carboxylic acids is 1. The first kappa shape index (κ1) is 18.1. The number of carbonyl (C=O) groups is 2. The van der Waals surface area contributed by atoms with E-state index in [-0.39, 0.29) is 23.3 Å². The number of aliphatic carboxylic acids is 1. The molecule has 0 aromatic heterocycles. The Balaban J connectivity index is 2.93. The van der Waals surface area contributed by atoms with Crippen LogP contribution in [0.15, 0.2) is 17.0 Å². The molecule has 0 aliphatic carbocycles. The summed E-state index contributed by atoms with van der Waals surface area (Å²) in [5, 5.41) is 30.6. The summed E-state index contributed by atoms with van der Waals surface area (Å²) in [6.07, 6.45) is 0.466. The molecule has 0 saturated carbocycles. The van der Waals surface area contributed by atoms with Gasteiger partial charge in [0.2, 0.25) is 5.91 Å². The summed E-state index contributed by atoms with van der Waals surface area (Å²) < 4.78 is 0. The number of aromatic hydroxyl groups is 2. The lowest BCUT2D eigenvalue weighted by Gasteiger charge is -2.16.